The van der Waals surface area contributed by atoms with Crippen LogP contribution in [0.2, 0.25) is 0 Å². The summed E-state index contributed by atoms with van der Waals surface area (Å²) in [6, 6.07) is 1.51. The van der Waals surface area contributed by atoms with Crippen LogP contribution in [0.1, 0.15) is 32.4 Å². The number of aliphatic hydroxyl groups excluding tert-OH is 1. The number of nitrogens with zero attached hydrogens (tertiary/aromatic N) is 2. The second kappa shape index (κ2) is 6.55. The van der Waals surface area contributed by atoms with E-state index in [1.54, 1.807) is 13.1 Å². The summed E-state index contributed by atoms with van der Waals surface area (Å²) in [4.78, 5) is 6.05. The molecule has 1 aromatic heterocycles. The summed E-state index contributed by atoms with van der Waals surface area (Å²) >= 11 is 0. The Labute approximate surface area is 102 Å². The molecule has 1 N–H and O–H groups in total. The lowest BCUT2D eigenvalue weighted by Gasteiger charge is -2.31. The molecule has 1 aliphatic rings. The number of anilines is 1. The van der Waals surface area contributed by atoms with E-state index in [0.717, 1.165) is 31.6 Å². The Morgan fingerprint density at radius 1 is 1.35 bits per heavy atom. The summed E-state index contributed by atoms with van der Waals surface area (Å²) in [5.74, 6) is -0.265. The van der Waals surface area contributed by atoms with Crippen molar-refractivity contribution in [1.82, 2.24) is 4.98 Å². The molecule has 2 heterocycles. The minimum atomic E-state index is -0.265. The van der Waals surface area contributed by atoms with Crippen LogP contribution in [-0.2, 0) is 0 Å². The number of halogens is 1. The number of piperidine rings is 1. The standard InChI is InChI=1S/C11H15FN2O.C2H6/c1-8-11(12)6-9(7-13-8)14-4-2-10(15)3-5-14;1-2/h6-7,10,15H,2-5H2,1H3;1-2H3. The fourth-order valence-corrected chi connectivity index (χ4v) is 1.79. The molecule has 1 aliphatic heterocycles. The molecule has 0 saturated carbocycles. The lowest BCUT2D eigenvalue weighted by atomic mass is 10.1. The van der Waals surface area contributed by atoms with E-state index in [1.807, 2.05) is 13.8 Å². The number of hydrogen-bond donors (Lipinski definition) is 1. The second-order valence-corrected chi connectivity index (χ2v) is 3.98. The monoisotopic (exact) mass is 240 g/mol. The van der Waals surface area contributed by atoms with Crippen LogP contribution < -0.4 is 4.90 Å². The summed E-state index contributed by atoms with van der Waals surface area (Å²) < 4.78 is 13.3. The molecule has 0 atom stereocenters. The van der Waals surface area contributed by atoms with Crippen LogP contribution in [0.4, 0.5) is 10.1 Å². The quantitative estimate of drug-likeness (QED) is 0.819. The first kappa shape index (κ1) is 13.9. The van der Waals surface area contributed by atoms with Gasteiger partial charge in [0.15, 0.2) is 0 Å². The summed E-state index contributed by atoms with van der Waals surface area (Å²) in [6.45, 7) is 7.19. The molecular weight excluding hydrogens is 219 g/mol. The van der Waals surface area contributed by atoms with Crippen molar-refractivity contribution in [3.8, 4) is 0 Å². The highest BCUT2D eigenvalue weighted by atomic mass is 19.1. The Kier molecular flexibility index (Phi) is 5.35. The van der Waals surface area contributed by atoms with Gasteiger partial charge in [-0.15, -0.1) is 0 Å². The van der Waals surface area contributed by atoms with Gasteiger partial charge in [-0.05, 0) is 19.8 Å². The molecule has 0 radical (unpaired) electrons. The topological polar surface area (TPSA) is 36.4 Å². The molecular formula is C13H21FN2O. The summed E-state index contributed by atoms with van der Waals surface area (Å²) in [7, 11) is 0. The Hall–Kier alpha value is -1.16. The Morgan fingerprint density at radius 3 is 2.47 bits per heavy atom. The van der Waals surface area contributed by atoms with Crippen LogP contribution in [0.3, 0.4) is 0 Å². The molecule has 96 valence electrons. The maximum absolute atomic E-state index is 13.3. The van der Waals surface area contributed by atoms with Gasteiger partial charge in [-0.3, -0.25) is 4.98 Å². The highest BCUT2D eigenvalue weighted by Crippen LogP contribution is 2.20. The first-order valence-corrected chi connectivity index (χ1v) is 6.22. The molecule has 1 saturated heterocycles. The van der Waals surface area contributed by atoms with Gasteiger partial charge < -0.3 is 10.0 Å². The third-order valence-electron chi connectivity index (χ3n) is 2.84. The summed E-state index contributed by atoms with van der Waals surface area (Å²) in [5, 5.41) is 9.36. The smallest absolute Gasteiger partial charge is 0.146 e. The average molecular weight is 240 g/mol. The molecule has 0 amide bonds. The first-order chi connectivity index (χ1) is 8.16. The van der Waals surface area contributed by atoms with E-state index in [4.69, 9.17) is 0 Å². The molecule has 0 aliphatic carbocycles. The van der Waals surface area contributed by atoms with Crippen molar-refractivity contribution >= 4 is 5.69 Å². The van der Waals surface area contributed by atoms with Crippen molar-refractivity contribution in [2.24, 2.45) is 0 Å². The van der Waals surface area contributed by atoms with E-state index in [2.05, 4.69) is 9.88 Å². The minimum absolute atomic E-state index is 0.204. The van der Waals surface area contributed by atoms with E-state index in [-0.39, 0.29) is 11.9 Å². The molecule has 17 heavy (non-hydrogen) atoms. The fourth-order valence-electron chi connectivity index (χ4n) is 1.79. The van der Waals surface area contributed by atoms with E-state index in [1.165, 1.54) is 6.07 Å². The van der Waals surface area contributed by atoms with Crippen molar-refractivity contribution in [1.29, 1.82) is 0 Å². The number of aliphatic hydroxyl groups is 1. The number of aryl methyl sites for hydroxylation is 1. The third kappa shape index (κ3) is 3.66. The van der Waals surface area contributed by atoms with Crippen molar-refractivity contribution in [2.45, 2.75) is 39.7 Å². The normalized spacial score (nSPS) is 16.4. The minimum Gasteiger partial charge on any atom is -0.393 e. The maximum atomic E-state index is 13.3. The number of rotatable bonds is 1. The van der Waals surface area contributed by atoms with Gasteiger partial charge in [0, 0.05) is 19.2 Å². The van der Waals surface area contributed by atoms with Crippen molar-refractivity contribution in [2.75, 3.05) is 18.0 Å². The van der Waals surface area contributed by atoms with Crippen LogP contribution in [0.15, 0.2) is 12.3 Å². The van der Waals surface area contributed by atoms with Gasteiger partial charge in [0.2, 0.25) is 0 Å². The highest BCUT2D eigenvalue weighted by Gasteiger charge is 2.17. The van der Waals surface area contributed by atoms with Crippen LogP contribution in [0.25, 0.3) is 0 Å². The Morgan fingerprint density at radius 2 is 1.94 bits per heavy atom. The van der Waals surface area contributed by atoms with Gasteiger partial charge in [-0.25, -0.2) is 4.39 Å². The summed E-state index contributed by atoms with van der Waals surface area (Å²) in [6.07, 6.45) is 2.98. The molecule has 0 bridgehead atoms. The molecule has 1 fully saturated rings. The highest BCUT2D eigenvalue weighted by molar-refractivity contribution is 5.45. The van der Waals surface area contributed by atoms with Crippen LogP contribution in [0.5, 0.6) is 0 Å². The van der Waals surface area contributed by atoms with Gasteiger partial charge in [0.1, 0.15) is 5.82 Å². The predicted octanol–water partition coefficient (Wildman–Crippen LogP) is 2.52. The molecule has 4 heteroatoms. The second-order valence-electron chi connectivity index (χ2n) is 3.98. The first-order valence-electron chi connectivity index (χ1n) is 6.22. The lowest BCUT2D eigenvalue weighted by Crippen LogP contribution is -2.35. The van der Waals surface area contributed by atoms with E-state index < -0.39 is 0 Å². The molecule has 2 rings (SSSR count). The SMILES string of the molecule is CC.Cc1ncc(N2CCC(O)CC2)cc1F. The van der Waals surface area contributed by atoms with Gasteiger partial charge in [0.25, 0.3) is 0 Å². The lowest BCUT2D eigenvalue weighted by molar-refractivity contribution is 0.145. The molecule has 1 aromatic rings. The van der Waals surface area contributed by atoms with Crippen LogP contribution in [-0.4, -0.2) is 29.3 Å². The summed E-state index contributed by atoms with van der Waals surface area (Å²) in [5.41, 5.74) is 1.24. The van der Waals surface area contributed by atoms with Crippen LogP contribution in [0, 0.1) is 12.7 Å². The molecule has 0 aromatic carbocycles. The zero-order chi connectivity index (χ0) is 12.8. The Bertz CT molecular complexity index is 349. The number of hydrogen-bond acceptors (Lipinski definition) is 3. The van der Waals surface area contributed by atoms with Crippen molar-refractivity contribution in [3.05, 3.63) is 23.8 Å². The largest absolute Gasteiger partial charge is 0.393 e. The average Bonchev–Trinajstić information content (AvgIpc) is 2.36. The fraction of sp³-hybridized carbons (Fsp3) is 0.615. The van der Waals surface area contributed by atoms with Gasteiger partial charge in [-0.2, -0.15) is 0 Å². The maximum Gasteiger partial charge on any atom is 0.146 e. The van der Waals surface area contributed by atoms with E-state index >= 15 is 0 Å². The van der Waals surface area contributed by atoms with Gasteiger partial charge in [-0.1, -0.05) is 13.8 Å². The molecule has 0 spiro atoms. The predicted molar refractivity (Wildman–Crippen MR) is 67.7 cm³/mol. The van der Waals surface area contributed by atoms with Crippen molar-refractivity contribution in [3.63, 3.8) is 0 Å². The van der Waals surface area contributed by atoms with Crippen molar-refractivity contribution < 1.29 is 9.50 Å². The zero-order valence-electron chi connectivity index (χ0n) is 10.8. The van der Waals surface area contributed by atoms with Gasteiger partial charge >= 0.3 is 0 Å². The molecule has 3 nitrogen and oxygen atoms in total. The van der Waals surface area contributed by atoms with E-state index in [0.29, 0.717) is 5.69 Å². The third-order valence-corrected chi connectivity index (χ3v) is 2.84. The number of aromatic nitrogens is 1. The molecule has 0 unspecified atom stereocenters. The zero-order valence-corrected chi connectivity index (χ0v) is 10.8. The Balaban J connectivity index is 0.000000686. The van der Waals surface area contributed by atoms with E-state index in [9.17, 15) is 9.50 Å². The number of pyridine rings is 1. The van der Waals surface area contributed by atoms with Gasteiger partial charge in [0.05, 0.1) is 23.7 Å². The van der Waals surface area contributed by atoms with Crippen LogP contribution >= 0.6 is 0 Å².